The Hall–Kier alpha value is -2.23. The van der Waals surface area contributed by atoms with Crippen LogP contribution in [-0.4, -0.2) is 15.9 Å². The second-order valence-electron chi connectivity index (χ2n) is 13.5. The first kappa shape index (κ1) is 32.7. The van der Waals surface area contributed by atoms with E-state index in [2.05, 4.69) is 23.8 Å². The molecule has 4 rings (SSSR count). The number of rotatable bonds is 17. The molecule has 4 heteroatoms. The summed E-state index contributed by atoms with van der Waals surface area (Å²) < 4.78 is 5.81. The first-order chi connectivity index (χ1) is 20.7. The molecule has 1 aromatic carbocycles. The molecular formula is C38H58N2O2. The molecule has 0 atom stereocenters. The van der Waals surface area contributed by atoms with Gasteiger partial charge in [-0.05, 0) is 98.9 Å². The van der Waals surface area contributed by atoms with E-state index in [0.717, 1.165) is 48.4 Å². The van der Waals surface area contributed by atoms with Crippen LogP contribution in [0.3, 0.4) is 0 Å². The maximum absolute atomic E-state index is 12.9. The lowest BCUT2D eigenvalue weighted by atomic mass is 9.69. The SMILES string of the molecule is CCCCCCCCCCCCc1cnc(-c2ccc(OC(=O)[C@H]3CC[C@H]([C@H]4CC[C@H](CCC)CC4)CC3)cc2)nc1. The second-order valence-corrected chi connectivity index (χ2v) is 13.5. The largest absolute Gasteiger partial charge is 0.426 e. The van der Waals surface area contributed by atoms with Gasteiger partial charge in [-0.2, -0.15) is 0 Å². The van der Waals surface area contributed by atoms with Crippen LogP contribution in [0.4, 0.5) is 0 Å². The lowest BCUT2D eigenvalue weighted by Crippen LogP contribution is -2.30. The predicted molar refractivity (Wildman–Crippen MR) is 174 cm³/mol. The van der Waals surface area contributed by atoms with Gasteiger partial charge in [-0.1, -0.05) is 97.3 Å². The fourth-order valence-corrected chi connectivity index (χ4v) is 7.50. The number of hydrogen-bond acceptors (Lipinski definition) is 4. The van der Waals surface area contributed by atoms with Gasteiger partial charge in [0.25, 0.3) is 0 Å². The molecule has 232 valence electrons. The zero-order valence-electron chi connectivity index (χ0n) is 26.8. The minimum Gasteiger partial charge on any atom is -0.426 e. The normalized spacial score (nSPS) is 22.6. The third-order valence-corrected chi connectivity index (χ3v) is 10.2. The van der Waals surface area contributed by atoms with Crippen molar-refractivity contribution in [1.82, 2.24) is 9.97 Å². The maximum Gasteiger partial charge on any atom is 0.314 e. The molecule has 0 radical (unpaired) electrons. The van der Waals surface area contributed by atoms with Gasteiger partial charge in [0.05, 0.1) is 5.92 Å². The number of benzene rings is 1. The smallest absolute Gasteiger partial charge is 0.314 e. The highest BCUT2D eigenvalue weighted by atomic mass is 16.5. The van der Waals surface area contributed by atoms with Crippen molar-refractivity contribution in [3.05, 3.63) is 42.2 Å². The molecule has 0 bridgehead atoms. The number of aryl methyl sites for hydroxylation is 1. The summed E-state index contributed by atoms with van der Waals surface area (Å²) in [4.78, 5) is 22.2. The van der Waals surface area contributed by atoms with Crippen LogP contribution in [0.2, 0.25) is 0 Å². The topological polar surface area (TPSA) is 52.1 Å². The molecule has 4 nitrogen and oxygen atoms in total. The molecule has 2 aliphatic rings. The average molecular weight is 575 g/mol. The summed E-state index contributed by atoms with van der Waals surface area (Å²) in [5.74, 6) is 4.01. The van der Waals surface area contributed by atoms with Crippen molar-refractivity contribution in [2.45, 2.75) is 149 Å². The summed E-state index contributed by atoms with van der Waals surface area (Å²) in [6.45, 7) is 4.59. The first-order valence-corrected chi connectivity index (χ1v) is 17.8. The average Bonchev–Trinajstić information content (AvgIpc) is 3.03. The minimum atomic E-state index is -0.0552. The number of aromatic nitrogens is 2. The van der Waals surface area contributed by atoms with E-state index in [9.17, 15) is 4.79 Å². The van der Waals surface area contributed by atoms with E-state index in [4.69, 9.17) is 4.74 Å². The quantitative estimate of drug-likeness (QED) is 0.107. The number of unbranched alkanes of at least 4 members (excludes halogenated alkanes) is 9. The molecule has 2 aromatic rings. The number of carbonyl (C=O) groups is 1. The first-order valence-electron chi connectivity index (χ1n) is 17.8. The van der Waals surface area contributed by atoms with E-state index in [1.807, 2.05) is 36.7 Å². The van der Waals surface area contributed by atoms with Gasteiger partial charge >= 0.3 is 5.97 Å². The molecular weight excluding hydrogens is 516 g/mol. The van der Waals surface area contributed by atoms with Gasteiger partial charge in [-0.3, -0.25) is 4.79 Å². The van der Waals surface area contributed by atoms with Crippen molar-refractivity contribution in [3.8, 4) is 17.1 Å². The van der Waals surface area contributed by atoms with Crippen LogP contribution < -0.4 is 4.74 Å². The van der Waals surface area contributed by atoms with Crippen molar-refractivity contribution in [2.24, 2.45) is 23.7 Å². The summed E-state index contributed by atoms with van der Waals surface area (Å²) in [6.07, 6.45) is 31.2. The van der Waals surface area contributed by atoms with Crippen molar-refractivity contribution in [3.63, 3.8) is 0 Å². The van der Waals surface area contributed by atoms with Gasteiger partial charge in [0.2, 0.25) is 0 Å². The molecule has 0 aliphatic heterocycles. The van der Waals surface area contributed by atoms with Gasteiger partial charge in [0.1, 0.15) is 5.75 Å². The summed E-state index contributed by atoms with van der Waals surface area (Å²) in [5, 5.41) is 0. The molecule has 42 heavy (non-hydrogen) atoms. The van der Waals surface area contributed by atoms with Gasteiger partial charge in [-0.15, -0.1) is 0 Å². The van der Waals surface area contributed by atoms with Gasteiger partial charge in [0, 0.05) is 18.0 Å². The molecule has 0 unspecified atom stereocenters. The van der Waals surface area contributed by atoms with Gasteiger partial charge in [0.15, 0.2) is 5.82 Å². The molecule has 2 saturated carbocycles. The van der Waals surface area contributed by atoms with E-state index in [-0.39, 0.29) is 11.9 Å². The zero-order valence-corrected chi connectivity index (χ0v) is 26.8. The van der Waals surface area contributed by atoms with E-state index in [0.29, 0.717) is 5.75 Å². The molecule has 1 aromatic heterocycles. The zero-order chi connectivity index (χ0) is 29.4. The van der Waals surface area contributed by atoms with Gasteiger partial charge in [-0.25, -0.2) is 9.97 Å². The minimum absolute atomic E-state index is 0.0452. The fourth-order valence-electron chi connectivity index (χ4n) is 7.50. The number of hydrogen-bond donors (Lipinski definition) is 0. The van der Waals surface area contributed by atoms with E-state index >= 15 is 0 Å². The van der Waals surface area contributed by atoms with E-state index < -0.39 is 0 Å². The Morgan fingerprint density at radius 2 is 1.24 bits per heavy atom. The van der Waals surface area contributed by atoms with Crippen molar-refractivity contribution in [2.75, 3.05) is 0 Å². The predicted octanol–water partition coefficient (Wildman–Crippen LogP) is 10.9. The number of carbonyl (C=O) groups excluding carboxylic acids is 1. The molecule has 0 N–H and O–H groups in total. The molecule has 2 fully saturated rings. The van der Waals surface area contributed by atoms with E-state index in [1.54, 1.807) is 0 Å². The highest BCUT2D eigenvalue weighted by Gasteiger charge is 2.33. The lowest BCUT2D eigenvalue weighted by molar-refractivity contribution is -0.140. The molecule has 0 amide bonds. The van der Waals surface area contributed by atoms with Crippen molar-refractivity contribution < 1.29 is 9.53 Å². The highest BCUT2D eigenvalue weighted by Crippen LogP contribution is 2.42. The maximum atomic E-state index is 12.9. The van der Waals surface area contributed by atoms with Crippen LogP contribution in [0.1, 0.15) is 148 Å². The number of esters is 1. The number of ether oxygens (including phenoxy) is 1. The highest BCUT2D eigenvalue weighted by molar-refractivity contribution is 5.75. The Morgan fingerprint density at radius 3 is 1.81 bits per heavy atom. The Kier molecular flexibility index (Phi) is 14.3. The van der Waals surface area contributed by atoms with Crippen LogP contribution in [-0.2, 0) is 11.2 Å². The van der Waals surface area contributed by atoms with Crippen LogP contribution in [0.25, 0.3) is 11.4 Å². The Bertz CT molecular complexity index is 1000. The summed E-state index contributed by atoms with van der Waals surface area (Å²) in [7, 11) is 0. The third kappa shape index (κ3) is 10.8. The fraction of sp³-hybridized carbons (Fsp3) is 0.711. The molecule has 0 saturated heterocycles. The molecule has 1 heterocycles. The molecule has 2 aliphatic carbocycles. The van der Waals surface area contributed by atoms with Gasteiger partial charge < -0.3 is 4.74 Å². The Balaban J connectivity index is 1.11. The lowest BCUT2D eigenvalue weighted by Gasteiger charge is -2.37. The van der Waals surface area contributed by atoms with Crippen LogP contribution >= 0.6 is 0 Å². The van der Waals surface area contributed by atoms with Crippen molar-refractivity contribution in [1.29, 1.82) is 0 Å². The summed E-state index contributed by atoms with van der Waals surface area (Å²) >= 11 is 0. The standard InChI is InChI=1S/C38H58N2O2/c1-3-5-6-7-8-9-10-11-12-13-15-31-28-39-37(40-29-31)34-24-26-36(27-25-34)42-38(41)35-22-20-33(21-23-35)32-18-16-30(14-4-2)17-19-32/h24-30,32-33,35H,3-23H2,1-2H3/t30-,32-,33-,35-. The van der Waals surface area contributed by atoms with E-state index in [1.165, 1.54) is 121 Å². The number of nitrogens with zero attached hydrogens (tertiary/aromatic N) is 2. The second kappa shape index (κ2) is 18.4. The Labute approximate surface area is 256 Å². The Morgan fingerprint density at radius 1 is 0.690 bits per heavy atom. The monoisotopic (exact) mass is 574 g/mol. The molecule has 0 spiro atoms. The summed E-state index contributed by atoms with van der Waals surface area (Å²) in [5.41, 5.74) is 2.16. The van der Waals surface area contributed by atoms with Crippen molar-refractivity contribution >= 4 is 5.97 Å². The van der Waals surface area contributed by atoms with Crippen LogP contribution in [0.5, 0.6) is 5.75 Å². The summed E-state index contributed by atoms with van der Waals surface area (Å²) in [6, 6.07) is 7.70. The third-order valence-electron chi connectivity index (χ3n) is 10.2. The van der Waals surface area contributed by atoms with Crippen LogP contribution in [0.15, 0.2) is 36.7 Å². The van der Waals surface area contributed by atoms with Crippen LogP contribution in [0, 0.1) is 23.7 Å².